The second kappa shape index (κ2) is 10.1. The van der Waals surface area contributed by atoms with Crippen LogP contribution in [0.2, 0.25) is 0 Å². The number of hydrogen-bond donors (Lipinski definition) is 4. The Morgan fingerprint density at radius 2 is 0.882 bits per heavy atom. The van der Waals surface area contributed by atoms with Gasteiger partial charge in [0.25, 0.3) is 0 Å². The normalized spacial score (nSPS) is 10.7. The average Bonchev–Trinajstić information content (AvgIpc) is 2.00. The molecule has 0 amide bonds. The first-order chi connectivity index (χ1) is 7.12. The molecule has 17 heavy (non-hydrogen) atoms. The molecule has 0 radical (unpaired) electrons. The maximum atomic E-state index is 9.42. The van der Waals surface area contributed by atoms with Crippen molar-refractivity contribution < 1.29 is 98.7 Å². The van der Waals surface area contributed by atoms with Gasteiger partial charge in [0.2, 0.25) is 0 Å². The first-order valence-corrected chi connectivity index (χ1v) is 13.9. The fraction of sp³-hybridized carbons (Fsp3) is 0. The molecular formula is H4MoO12P2V2. The summed E-state index contributed by atoms with van der Waals surface area (Å²) in [5, 5.41) is 0. The van der Waals surface area contributed by atoms with E-state index in [1.165, 1.54) is 0 Å². The van der Waals surface area contributed by atoms with Gasteiger partial charge in [0, 0.05) is 0 Å². The summed E-state index contributed by atoms with van der Waals surface area (Å²) in [6, 6.07) is -8.22. The summed E-state index contributed by atoms with van der Waals surface area (Å²) < 4.78 is 71.9. The molecule has 0 aliphatic carbocycles. The van der Waals surface area contributed by atoms with Gasteiger partial charge in [-0.1, -0.05) is 0 Å². The first-order valence-electron chi connectivity index (χ1n) is 2.60. The van der Waals surface area contributed by atoms with E-state index in [-0.39, 0.29) is 0 Å². The van der Waals surface area contributed by atoms with Gasteiger partial charge in [0.05, 0.1) is 0 Å². The summed E-state index contributed by atoms with van der Waals surface area (Å²) in [5.74, 6) is 0. The van der Waals surface area contributed by atoms with Crippen molar-refractivity contribution in [1.29, 1.82) is 0 Å². The molecule has 0 atom stereocenters. The van der Waals surface area contributed by atoms with E-state index in [4.69, 9.17) is 33.9 Å². The van der Waals surface area contributed by atoms with Crippen LogP contribution in [0.4, 0.5) is 0 Å². The molecule has 0 unspecified atom stereocenters. The number of hydrogen-bond acceptors (Lipinski definition) is 8. The van der Waals surface area contributed by atoms with E-state index in [9.17, 15) is 16.5 Å². The third kappa shape index (κ3) is 76.1. The summed E-state index contributed by atoms with van der Waals surface area (Å²) in [7, 11) is 0. The van der Waals surface area contributed by atoms with Crippen LogP contribution in [-0.4, -0.2) is 19.6 Å². The van der Waals surface area contributed by atoms with Crippen molar-refractivity contribution in [2.75, 3.05) is 0 Å². The Balaban J connectivity index is -0.000000174. The summed E-state index contributed by atoms with van der Waals surface area (Å²) in [5.41, 5.74) is 0. The zero-order chi connectivity index (χ0) is 14.9. The zero-order valence-corrected chi connectivity index (χ0v) is 13.8. The molecule has 0 saturated carbocycles. The molecule has 0 bridgehead atoms. The monoisotopic (exact) mass is 458 g/mol. The molecule has 0 aliphatic rings. The van der Waals surface area contributed by atoms with Gasteiger partial charge < -0.3 is 0 Å². The van der Waals surface area contributed by atoms with Gasteiger partial charge in [-0.2, -0.15) is 0 Å². The van der Waals surface area contributed by atoms with Crippen molar-refractivity contribution in [3.63, 3.8) is 0 Å². The van der Waals surface area contributed by atoms with Crippen LogP contribution in [0.3, 0.4) is 0 Å². The van der Waals surface area contributed by atoms with Crippen LogP contribution in [0, 0.1) is 0 Å². The SMILES string of the molecule is [O]=[Mo](=[O])([O-])[O-].[O]=[V+][P](=O)(O)O.[O]=[V+][P](=O)(O)O. The fourth-order valence-electron chi connectivity index (χ4n) is 0. The van der Waals surface area contributed by atoms with Gasteiger partial charge in [0.1, 0.15) is 0 Å². The van der Waals surface area contributed by atoms with Crippen molar-refractivity contribution >= 4 is 12.1 Å². The van der Waals surface area contributed by atoms with Gasteiger partial charge in [0.15, 0.2) is 0 Å². The predicted molar refractivity (Wildman–Crippen MR) is 26.8 cm³/mol. The Bertz CT molecular complexity index is 374. The van der Waals surface area contributed by atoms with Crippen molar-refractivity contribution in [3.05, 3.63) is 0 Å². The molecule has 12 nitrogen and oxygen atoms in total. The van der Waals surface area contributed by atoms with E-state index >= 15 is 0 Å². The molecule has 0 aromatic heterocycles. The molecule has 0 saturated heterocycles. The van der Waals surface area contributed by atoms with Crippen molar-refractivity contribution in [3.8, 4) is 0 Å². The summed E-state index contributed by atoms with van der Waals surface area (Å²) in [6.45, 7) is 0. The molecule has 0 spiro atoms. The molecule has 0 aromatic carbocycles. The first kappa shape index (κ1) is 23.4. The van der Waals surface area contributed by atoms with E-state index in [0.29, 0.717) is 0 Å². The molecule has 4 N–H and O–H groups in total. The van der Waals surface area contributed by atoms with Gasteiger partial charge in [-0.15, -0.1) is 0 Å². The molecular weight excluding hydrogens is 452 g/mol. The van der Waals surface area contributed by atoms with E-state index < -0.39 is 60.4 Å². The Morgan fingerprint density at radius 3 is 0.882 bits per heavy atom. The average molecular weight is 456 g/mol. The van der Waals surface area contributed by atoms with Crippen LogP contribution in [-0.2, 0) is 71.6 Å². The Morgan fingerprint density at radius 1 is 0.824 bits per heavy atom. The fourth-order valence-corrected chi connectivity index (χ4v) is 0. The Kier molecular flexibility index (Phi) is 13.9. The third-order valence-corrected chi connectivity index (χ3v) is 2.63. The van der Waals surface area contributed by atoms with Gasteiger partial charge >= 0.3 is 111 Å². The van der Waals surface area contributed by atoms with Gasteiger partial charge in [-0.3, -0.25) is 0 Å². The maximum absolute atomic E-state index is 9.42. The minimum absolute atomic E-state index is 2.00. The van der Waals surface area contributed by atoms with Crippen LogP contribution in [0.15, 0.2) is 0 Å². The van der Waals surface area contributed by atoms with Crippen LogP contribution < -0.4 is 7.52 Å². The zero-order valence-electron chi connectivity index (χ0n) is 7.25. The summed E-state index contributed by atoms with van der Waals surface area (Å²) in [4.78, 5) is 30.7. The minimum atomic E-state index is -6.02. The quantitative estimate of drug-likeness (QED) is 0.233. The van der Waals surface area contributed by atoms with Crippen molar-refractivity contribution in [1.82, 2.24) is 0 Å². The van der Waals surface area contributed by atoms with Gasteiger partial charge in [-0.25, -0.2) is 0 Å². The summed E-state index contributed by atoms with van der Waals surface area (Å²) in [6.07, 6.45) is 0. The predicted octanol–water partition coefficient (Wildman–Crippen LogP) is -3.60. The topological polar surface area (TPSA) is 229 Å². The van der Waals surface area contributed by atoms with Crippen molar-refractivity contribution in [2.24, 2.45) is 0 Å². The molecule has 102 valence electrons. The van der Waals surface area contributed by atoms with E-state index in [0.717, 1.165) is 0 Å². The Hall–Kier alpha value is 1.28. The van der Waals surface area contributed by atoms with E-state index in [1.807, 2.05) is 0 Å². The Labute approximate surface area is 110 Å². The van der Waals surface area contributed by atoms with Crippen molar-refractivity contribution in [2.45, 2.75) is 0 Å². The van der Waals surface area contributed by atoms with Crippen LogP contribution in [0.1, 0.15) is 0 Å². The van der Waals surface area contributed by atoms with Crippen LogP contribution in [0.5, 0.6) is 0 Å². The van der Waals surface area contributed by atoms with Crippen LogP contribution >= 0.6 is 12.1 Å². The summed E-state index contributed by atoms with van der Waals surface area (Å²) >= 11 is -10.0. The molecule has 0 rings (SSSR count). The molecule has 0 heterocycles. The molecule has 0 aromatic rings. The molecule has 0 aliphatic heterocycles. The molecule has 17 heteroatoms. The second-order valence-corrected chi connectivity index (χ2v) is 12.4. The van der Waals surface area contributed by atoms with Gasteiger partial charge in [-0.05, 0) is 0 Å². The molecule has 0 fully saturated rings. The van der Waals surface area contributed by atoms with Crippen LogP contribution in [0.25, 0.3) is 0 Å². The second-order valence-electron chi connectivity index (χ2n) is 1.60. The third-order valence-electron chi connectivity index (χ3n) is 0.213. The van der Waals surface area contributed by atoms with E-state index in [2.05, 4.69) is 0 Å². The van der Waals surface area contributed by atoms with E-state index in [1.54, 1.807) is 0 Å². The number of rotatable bonds is 2. The standard InChI is InChI=1S/Mo.2HO3P.6O.2V/c;2*1-4(2)3;;;;;;;;/h;2*(H-,1,2,3);;;;;;;;/q;;;;;;;2*-1;;/p+2.